The molecule has 0 saturated heterocycles. The van der Waals surface area contributed by atoms with E-state index in [0.717, 1.165) is 0 Å². The van der Waals surface area contributed by atoms with Crippen LogP contribution in [0.2, 0.25) is 0 Å². The number of carbonyl (C=O) groups is 2. The van der Waals surface area contributed by atoms with E-state index in [1.54, 1.807) is 0 Å². The standard InChI is InChI=1S/C8H16N2O3/c1-10(2,3)6(8(12)13)4-5-7(9)11/h6H,4-5H2,1-3H3,(H2-,9,11,12,13)/t6-/m0/s1/i1D3,2D3,3D3. The first-order valence-corrected chi connectivity index (χ1v) is 3.38. The van der Waals surface area contributed by atoms with Gasteiger partial charge in [0.25, 0.3) is 0 Å². The molecule has 0 aromatic heterocycles. The van der Waals surface area contributed by atoms with Crippen LogP contribution in [-0.4, -0.2) is 43.3 Å². The number of hydrogen-bond donors (Lipinski definition) is 1. The zero-order valence-corrected chi connectivity index (χ0v) is 6.74. The highest BCUT2D eigenvalue weighted by molar-refractivity contribution is 5.75. The maximum absolute atomic E-state index is 11.3. The van der Waals surface area contributed by atoms with Gasteiger partial charge in [-0.25, -0.2) is 0 Å². The van der Waals surface area contributed by atoms with Gasteiger partial charge in [0, 0.05) is 12.8 Å². The predicted octanol–water partition coefficient (Wildman–Crippen LogP) is -1.92. The second-order valence-corrected chi connectivity index (χ2v) is 2.56. The number of hydrogen-bond acceptors (Lipinski definition) is 3. The van der Waals surface area contributed by atoms with Crippen molar-refractivity contribution >= 4 is 11.9 Å². The van der Waals surface area contributed by atoms with E-state index in [2.05, 4.69) is 0 Å². The minimum Gasteiger partial charge on any atom is -0.544 e. The molecule has 0 aromatic carbocycles. The molecule has 0 rings (SSSR count). The molecule has 0 saturated carbocycles. The highest BCUT2D eigenvalue weighted by atomic mass is 16.4. The number of quaternary nitrogens is 1. The summed E-state index contributed by atoms with van der Waals surface area (Å²) in [5.74, 6) is -3.24. The van der Waals surface area contributed by atoms with Crippen LogP contribution in [0.25, 0.3) is 0 Å². The Balaban J connectivity index is 6.46. The molecule has 0 unspecified atom stereocenters. The Morgan fingerprint density at radius 3 is 2.38 bits per heavy atom. The molecule has 0 aliphatic carbocycles. The van der Waals surface area contributed by atoms with Gasteiger partial charge >= 0.3 is 0 Å². The van der Waals surface area contributed by atoms with Gasteiger partial charge < -0.3 is 20.1 Å². The van der Waals surface area contributed by atoms with Crippen LogP contribution < -0.4 is 10.8 Å². The summed E-state index contributed by atoms with van der Waals surface area (Å²) in [6.07, 6.45) is -1.60. The molecule has 0 radical (unpaired) electrons. The first-order valence-electron chi connectivity index (χ1n) is 7.88. The van der Waals surface area contributed by atoms with Crippen LogP contribution in [0.3, 0.4) is 0 Å². The van der Waals surface area contributed by atoms with Gasteiger partial charge in [-0.3, -0.25) is 4.79 Å². The van der Waals surface area contributed by atoms with E-state index in [-0.39, 0.29) is 0 Å². The average Bonchev–Trinajstić information content (AvgIpc) is 2.16. The number of carboxylic acid groups (broad SMARTS) is 1. The van der Waals surface area contributed by atoms with Crippen molar-refractivity contribution in [2.75, 3.05) is 20.9 Å². The Morgan fingerprint density at radius 1 is 1.54 bits per heavy atom. The van der Waals surface area contributed by atoms with Crippen LogP contribution in [0.4, 0.5) is 0 Å². The molecule has 76 valence electrons. The third-order valence-electron chi connectivity index (χ3n) is 1.40. The number of nitrogens with zero attached hydrogens (tertiary/aromatic N) is 1. The molecular weight excluding hydrogens is 172 g/mol. The Kier molecular flexibility index (Phi) is 1.16. The zero-order valence-electron chi connectivity index (χ0n) is 15.7. The summed E-state index contributed by atoms with van der Waals surface area (Å²) >= 11 is 0. The van der Waals surface area contributed by atoms with Crippen LogP contribution in [0, 0.1) is 0 Å². The molecule has 13 heavy (non-hydrogen) atoms. The largest absolute Gasteiger partial charge is 0.544 e. The molecule has 2 N–H and O–H groups in total. The van der Waals surface area contributed by atoms with Crippen molar-refractivity contribution in [1.82, 2.24) is 0 Å². The second kappa shape index (κ2) is 4.23. The summed E-state index contributed by atoms with van der Waals surface area (Å²) in [5.41, 5.74) is 4.83. The SMILES string of the molecule is [2H]C([2H])([2H])[N+]([C@@H](CCC(N)=O)C(=O)[O-])(C([2H])([2H])[2H])C([2H])([2H])[2H]. The molecular formula is C8H16N2O3. The summed E-state index contributed by atoms with van der Waals surface area (Å²) < 4.78 is 63.3. The van der Waals surface area contributed by atoms with Gasteiger partial charge in [-0.1, -0.05) is 0 Å². The third-order valence-corrected chi connectivity index (χ3v) is 1.40. The van der Waals surface area contributed by atoms with Crippen molar-refractivity contribution in [3.8, 4) is 0 Å². The molecule has 0 spiro atoms. The number of primary amides is 1. The van der Waals surface area contributed by atoms with Crippen LogP contribution in [-0.2, 0) is 9.59 Å². The Hall–Kier alpha value is -1.10. The van der Waals surface area contributed by atoms with E-state index in [1.807, 2.05) is 0 Å². The van der Waals surface area contributed by atoms with E-state index in [0.29, 0.717) is 0 Å². The van der Waals surface area contributed by atoms with Gasteiger partial charge in [0.15, 0.2) is 0 Å². The van der Waals surface area contributed by atoms with Crippen molar-refractivity contribution in [2.45, 2.75) is 18.9 Å². The van der Waals surface area contributed by atoms with Crippen molar-refractivity contribution in [1.29, 1.82) is 0 Å². The molecule has 1 amide bonds. The maximum Gasteiger partial charge on any atom is 0.217 e. The van der Waals surface area contributed by atoms with Gasteiger partial charge in [0.2, 0.25) is 5.91 Å². The minimum absolute atomic E-state index is 0.707. The number of carboxylic acids is 1. The lowest BCUT2D eigenvalue weighted by atomic mass is 10.1. The van der Waals surface area contributed by atoms with E-state index in [1.165, 1.54) is 0 Å². The van der Waals surface area contributed by atoms with Gasteiger partial charge in [-0.2, -0.15) is 0 Å². The number of aliphatic carboxylic acids is 1. The highest BCUT2D eigenvalue weighted by Gasteiger charge is 2.25. The lowest BCUT2D eigenvalue weighted by Crippen LogP contribution is -2.55. The summed E-state index contributed by atoms with van der Waals surface area (Å²) in [7, 11) is 0. The number of amides is 1. The highest BCUT2D eigenvalue weighted by Crippen LogP contribution is 2.08. The van der Waals surface area contributed by atoms with Crippen LogP contribution in [0.5, 0.6) is 0 Å². The summed E-state index contributed by atoms with van der Waals surface area (Å²) in [4.78, 5) is 22.1. The van der Waals surface area contributed by atoms with Crippen LogP contribution in [0.15, 0.2) is 0 Å². The topological polar surface area (TPSA) is 83.2 Å². The first kappa shape index (κ1) is 3.57. The van der Waals surface area contributed by atoms with E-state index >= 15 is 0 Å². The van der Waals surface area contributed by atoms with Crippen LogP contribution in [0.1, 0.15) is 25.2 Å². The predicted molar refractivity (Wildman–Crippen MR) is 45.3 cm³/mol. The number of nitrogens with two attached hydrogens (primary N) is 1. The molecule has 5 heteroatoms. The Morgan fingerprint density at radius 2 is 2.08 bits per heavy atom. The van der Waals surface area contributed by atoms with E-state index in [4.69, 9.17) is 18.1 Å². The Bertz CT molecular complexity index is 404. The monoisotopic (exact) mass is 197 g/mol. The molecule has 0 aliphatic rings. The smallest absolute Gasteiger partial charge is 0.217 e. The summed E-state index contributed by atoms with van der Waals surface area (Å²) in [6, 6.07) is -2.50. The fourth-order valence-corrected chi connectivity index (χ4v) is 0.749. The molecule has 1 atom stereocenters. The van der Waals surface area contributed by atoms with Crippen molar-refractivity contribution in [3.63, 3.8) is 0 Å². The quantitative estimate of drug-likeness (QED) is 0.521. The fraction of sp³-hybridized carbons (Fsp3) is 0.750. The third kappa shape index (κ3) is 4.47. The van der Waals surface area contributed by atoms with Crippen molar-refractivity contribution in [2.24, 2.45) is 5.73 Å². The van der Waals surface area contributed by atoms with Gasteiger partial charge in [0.05, 0.1) is 39.2 Å². The molecule has 0 aromatic rings. The lowest BCUT2D eigenvalue weighted by Gasteiger charge is -2.34. The van der Waals surface area contributed by atoms with Gasteiger partial charge in [-0.15, -0.1) is 0 Å². The van der Waals surface area contributed by atoms with Crippen LogP contribution >= 0.6 is 0 Å². The fourth-order valence-electron chi connectivity index (χ4n) is 0.749. The second-order valence-electron chi connectivity index (χ2n) is 2.56. The lowest BCUT2D eigenvalue weighted by molar-refractivity contribution is -0.889. The molecule has 5 nitrogen and oxygen atoms in total. The number of likely N-dealkylation sites (N-methyl/N-ethyl adjacent to an activating group) is 1. The zero-order chi connectivity index (χ0) is 18.1. The molecule has 0 bridgehead atoms. The number of carbonyl (C=O) groups excluding carboxylic acids is 2. The Labute approximate surface area is 90.4 Å². The summed E-state index contributed by atoms with van der Waals surface area (Å²) in [5, 5.41) is 11.3. The van der Waals surface area contributed by atoms with Crippen molar-refractivity contribution in [3.05, 3.63) is 0 Å². The molecule has 0 aliphatic heterocycles. The normalized spacial score (nSPS) is 26.9. The molecule has 0 heterocycles. The molecule has 0 fully saturated rings. The van der Waals surface area contributed by atoms with Gasteiger partial charge in [-0.05, 0) is 0 Å². The first-order chi connectivity index (χ1) is 9.50. The average molecular weight is 197 g/mol. The van der Waals surface area contributed by atoms with Crippen molar-refractivity contribution < 1.29 is 31.5 Å². The number of rotatable bonds is 5. The van der Waals surface area contributed by atoms with E-state index in [9.17, 15) is 14.7 Å². The van der Waals surface area contributed by atoms with E-state index < -0.39 is 56.2 Å². The maximum atomic E-state index is 11.3. The van der Waals surface area contributed by atoms with Gasteiger partial charge in [0.1, 0.15) is 6.04 Å². The minimum atomic E-state index is -3.74. The summed E-state index contributed by atoms with van der Waals surface area (Å²) in [6.45, 7) is -11.2.